The van der Waals surface area contributed by atoms with E-state index in [2.05, 4.69) is 50.2 Å². The number of carboxylic acid groups (broad SMARTS) is 1. The number of halogens is 2. The SMILES string of the molecule is CCOC(=O)Cn1cnc2c(Cl)nc(Cl)nc21.CCOC(=O)Cn1cnc2c(N3Cc4ccccc4C3=O)nc(N3Cc4ccccc4C3=O)nc21.O=C(O)Cn1cnc2c(N3Cc4ccccc4C3=O)nc(N3Cc4ccccc4C3=O)nc21.O=C1NCc2ccccc21. The number of nitrogens with zero attached hydrogens (tertiary/aromatic N) is 16. The summed E-state index contributed by atoms with van der Waals surface area (Å²) in [6.45, 7) is 5.46. The number of imidazole rings is 3. The number of benzene rings is 5. The summed E-state index contributed by atoms with van der Waals surface area (Å²) < 4.78 is 14.3. The normalized spacial score (nSPS) is 14.0. The summed E-state index contributed by atoms with van der Waals surface area (Å²) in [6.07, 6.45) is 4.27. The van der Waals surface area contributed by atoms with E-state index in [9.17, 15) is 43.5 Å². The molecule has 476 valence electrons. The van der Waals surface area contributed by atoms with Crippen LogP contribution in [0.3, 0.4) is 0 Å². The van der Waals surface area contributed by atoms with Crippen molar-refractivity contribution in [2.45, 2.75) is 66.2 Å². The minimum absolute atomic E-state index is 0.00751. The third kappa shape index (κ3) is 12.0. The maximum Gasteiger partial charge on any atom is 0.326 e. The molecule has 28 nitrogen and oxygen atoms in total. The summed E-state index contributed by atoms with van der Waals surface area (Å²) in [5.74, 6) is -1.99. The van der Waals surface area contributed by atoms with E-state index in [1.807, 2.05) is 84.9 Å². The quantitative estimate of drug-likeness (QED) is 0.0676. The number of nitrogens with one attached hydrogen (secondary N) is 1. The smallest absolute Gasteiger partial charge is 0.326 e. The molecule has 0 bridgehead atoms. The van der Waals surface area contributed by atoms with Gasteiger partial charge in [0.2, 0.25) is 17.2 Å². The summed E-state index contributed by atoms with van der Waals surface area (Å²) in [4.78, 5) is 143. The van der Waals surface area contributed by atoms with Crippen molar-refractivity contribution in [2.75, 3.05) is 32.8 Å². The Morgan fingerprint density at radius 3 is 1.21 bits per heavy atom. The van der Waals surface area contributed by atoms with E-state index in [4.69, 9.17) is 32.7 Å². The molecule has 6 aromatic heterocycles. The molecule has 0 radical (unpaired) electrons. The summed E-state index contributed by atoms with van der Waals surface area (Å²) in [6, 6.07) is 36.9. The van der Waals surface area contributed by atoms with Crippen LogP contribution in [-0.4, -0.2) is 124 Å². The molecule has 30 heteroatoms. The Hall–Kier alpha value is -11.9. The lowest BCUT2D eigenvalue weighted by Crippen LogP contribution is -2.29. The summed E-state index contributed by atoms with van der Waals surface area (Å²) in [5.41, 5.74) is 9.73. The van der Waals surface area contributed by atoms with Crippen LogP contribution in [0.25, 0.3) is 33.5 Å². The second-order valence-corrected chi connectivity index (χ2v) is 22.3. The van der Waals surface area contributed by atoms with E-state index in [0.717, 1.165) is 33.4 Å². The Balaban J connectivity index is 0.000000125. The van der Waals surface area contributed by atoms with Gasteiger partial charge in [0, 0.05) is 34.4 Å². The molecule has 0 fully saturated rings. The van der Waals surface area contributed by atoms with Gasteiger partial charge >= 0.3 is 17.9 Å². The average Bonchev–Trinajstić information content (AvgIpc) is 1.62. The van der Waals surface area contributed by atoms with Gasteiger partial charge in [-0.2, -0.15) is 24.9 Å². The molecule has 0 saturated heterocycles. The Morgan fingerprint density at radius 2 is 0.811 bits per heavy atom. The predicted octanol–water partition coefficient (Wildman–Crippen LogP) is 7.57. The standard InChI is InChI=1S/C25H20N6O4.C23H16N6O4.C9H8Cl2N4O2.C8H7NO/c1-2-35-19(32)13-29-14-26-20-21(29)27-25(31-12-16-8-4-6-10-18(16)24(31)34)28-22(20)30-11-15-7-3-5-9-17(15)23(30)33;30-17(31)11-27-12-24-18-19(27)25-23(29-10-14-6-2-4-8-16(14)22(29)33)26-20(18)28-9-13-5-1-3-7-15(13)21(28)32;1-2-17-5(16)3-15-4-12-6-7(10)13-9(11)14-8(6)15;10-8-7-4-2-1-3-6(7)5-9-8/h3-10,14H,2,11-13H2,1H3;1-8,12H,9-11H2,(H,30,31);4H,2-3H2,1H3;1-4H,5H2,(H,9,10). The lowest BCUT2D eigenvalue weighted by Gasteiger charge is -2.19. The lowest BCUT2D eigenvalue weighted by molar-refractivity contribution is -0.144. The van der Waals surface area contributed by atoms with E-state index in [1.54, 1.807) is 54.8 Å². The first-order chi connectivity index (χ1) is 46.0. The second kappa shape index (κ2) is 26.0. The molecule has 2 N–H and O–H groups in total. The van der Waals surface area contributed by atoms with Crippen molar-refractivity contribution in [3.05, 3.63) is 206 Å². The monoisotopic (exact) mass is 1320 g/mol. The van der Waals surface area contributed by atoms with Gasteiger partial charge in [0.1, 0.15) is 25.2 Å². The minimum atomic E-state index is -1.06. The van der Waals surface area contributed by atoms with Crippen molar-refractivity contribution < 1.29 is 52.9 Å². The number of carbonyl (C=O) groups excluding carboxylic acids is 7. The van der Waals surface area contributed by atoms with Gasteiger partial charge in [-0.3, -0.25) is 58.0 Å². The number of aliphatic carboxylic acids is 1. The fourth-order valence-corrected chi connectivity index (χ4v) is 11.8. The van der Waals surface area contributed by atoms with Crippen LogP contribution in [-0.2, 0) is 76.2 Å². The molecule has 5 amide bonds. The molecular weight excluding hydrogens is 1270 g/mol. The highest BCUT2D eigenvalue weighted by Crippen LogP contribution is 2.37. The summed E-state index contributed by atoms with van der Waals surface area (Å²) in [5, 5.41) is 12.2. The van der Waals surface area contributed by atoms with E-state index in [1.165, 1.54) is 47.7 Å². The molecule has 11 aromatic rings. The molecule has 16 rings (SSSR count). The zero-order valence-corrected chi connectivity index (χ0v) is 51.8. The fraction of sp³-hybridized carbons (Fsp3) is 0.185. The molecule has 5 aliphatic rings. The third-order valence-electron chi connectivity index (χ3n) is 15.8. The molecule has 95 heavy (non-hydrogen) atoms. The van der Waals surface area contributed by atoms with Crippen molar-refractivity contribution in [3.63, 3.8) is 0 Å². The molecule has 5 aliphatic heterocycles. The highest BCUT2D eigenvalue weighted by Gasteiger charge is 2.38. The molecule has 0 atom stereocenters. The fourth-order valence-electron chi connectivity index (χ4n) is 11.4. The van der Waals surface area contributed by atoms with Gasteiger partial charge in [-0.25, -0.2) is 19.9 Å². The van der Waals surface area contributed by atoms with Gasteiger partial charge in [-0.15, -0.1) is 0 Å². The molecule has 0 unspecified atom stereocenters. The van der Waals surface area contributed by atoms with Gasteiger partial charge in [0.15, 0.2) is 44.8 Å². The summed E-state index contributed by atoms with van der Waals surface area (Å²) in [7, 11) is 0. The Morgan fingerprint density at radius 1 is 0.453 bits per heavy atom. The lowest BCUT2D eigenvalue weighted by atomic mass is 10.1. The van der Waals surface area contributed by atoms with Gasteiger partial charge < -0.3 is 33.6 Å². The number of ether oxygens (including phenoxy) is 2. The van der Waals surface area contributed by atoms with Crippen LogP contribution in [0.1, 0.15) is 93.5 Å². The molecule has 0 spiro atoms. The van der Waals surface area contributed by atoms with Crippen molar-refractivity contribution in [1.82, 2.24) is 63.9 Å². The first kappa shape index (κ1) is 61.9. The van der Waals surface area contributed by atoms with Crippen LogP contribution in [0.15, 0.2) is 140 Å². The van der Waals surface area contributed by atoms with Crippen molar-refractivity contribution in [1.29, 1.82) is 0 Å². The second-order valence-electron chi connectivity index (χ2n) is 21.6. The number of esters is 2. The highest BCUT2D eigenvalue weighted by atomic mass is 35.5. The highest BCUT2D eigenvalue weighted by molar-refractivity contribution is 6.35. The number of rotatable bonds is 12. The van der Waals surface area contributed by atoms with Crippen LogP contribution in [0, 0.1) is 0 Å². The largest absolute Gasteiger partial charge is 0.480 e. The number of hydrogen-bond acceptors (Lipinski definition) is 19. The zero-order chi connectivity index (χ0) is 66.2. The first-order valence-electron chi connectivity index (χ1n) is 29.5. The number of hydrogen-bond donors (Lipinski definition) is 2. The topological polar surface area (TPSA) is 331 Å². The van der Waals surface area contributed by atoms with Crippen molar-refractivity contribution in [2.24, 2.45) is 0 Å². The number of anilines is 4. The molecule has 0 aliphatic carbocycles. The number of amides is 5. The number of carboxylic acids is 1. The molecule has 5 aromatic carbocycles. The average molecular weight is 1320 g/mol. The maximum atomic E-state index is 13.3. The number of carbonyl (C=O) groups is 8. The summed E-state index contributed by atoms with van der Waals surface area (Å²) >= 11 is 11.5. The zero-order valence-electron chi connectivity index (χ0n) is 50.3. The van der Waals surface area contributed by atoms with Gasteiger partial charge in [0.05, 0.1) is 58.4 Å². The maximum absolute atomic E-state index is 13.3. The van der Waals surface area contributed by atoms with Crippen LogP contribution >= 0.6 is 23.2 Å². The van der Waals surface area contributed by atoms with Crippen LogP contribution in [0.5, 0.6) is 0 Å². The van der Waals surface area contributed by atoms with E-state index < -0.39 is 11.9 Å². The molecular formula is C65H51Cl2N17O11. The van der Waals surface area contributed by atoms with Gasteiger partial charge in [-0.1, -0.05) is 103 Å². The Bertz CT molecular complexity index is 5000. The van der Waals surface area contributed by atoms with Crippen molar-refractivity contribution >= 4 is 128 Å². The van der Waals surface area contributed by atoms with E-state index in [0.29, 0.717) is 82.9 Å². The van der Waals surface area contributed by atoms with Crippen LogP contribution < -0.4 is 24.9 Å². The number of fused-ring (bicyclic) bond motifs is 8. The third-order valence-corrected chi connectivity index (χ3v) is 16.2. The van der Waals surface area contributed by atoms with Crippen molar-refractivity contribution in [3.8, 4) is 0 Å². The Kier molecular flexibility index (Phi) is 16.9. The minimum Gasteiger partial charge on any atom is -0.480 e. The molecule has 11 heterocycles. The van der Waals surface area contributed by atoms with E-state index in [-0.39, 0.29) is 108 Å². The number of aromatic nitrogens is 12. The van der Waals surface area contributed by atoms with E-state index >= 15 is 0 Å². The van der Waals surface area contributed by atoms with Gasteiger partial charge in [-0.05, 0) is 83.6 Å². The van der Waals surface area contributed by atoms with Crippen LogP contribution in [0.4, 0.5) is 23.5 Å². The first-order valence-corrected chi connectivity index (χ1v) is 30.3. The van der Waals surface area contributed by atoms with Crippen LogP contribution in [0.2, 0.25) is 10.4 Å². The molecule has 0 saturated carbocycles. The predicted molar refractivity (Wildman–Crippen MR) is 342 cm³/mol. The van der Waals surface area contributed by atoms with Gasteiger partial charge in [0.25, 0.3) is 29.5 Å². The Labute approximate surface area is 547 Å².